The van der Waals surface area contributed by atoms with Crippen LogP contribution < -0.4 is 20.7 Å². The fraction of sp³-hybridized carbons (Fsp3) is 0.467. The Morgan fingerprint density at radius 3 is 1.40 bits per heavy atom. The molecule has 0 heterocycles. The fourth-order valence-corrected chi connectivity index (χ4v) is 5.11. The first-order chi connectivity index (χ1) is 19.3. The number of hydrogen-bond acceptors (Lipinski definition) is 8. The van der Waals surface area contributed by atoms with Gasteiger partial charge in [-0.2, -0.15) is 10.2 Å². The standard InChI is InChI=1S/C30H42N6O4.2H2O/c1-5-35(6-2)23-15-13-21(27(37)17-23)19-31-33-29(39)25-11-9-10-12-26(25)30(40)34-32-20-22-14-16-24(18-28(22)38)36(7-3)8-4;;/h13-20,25-26,37-38H,5-12H2,1-4H3,(H,33,39)(H,34,40);2*1H2/b31-19+,32-20+;;/t25-,26-;;/m1../s1. The molecule has 0 aliphatic heterocycles. The van der Waals surface area contributed by atoms with Gasteiger partial charge in [-0.1, -0.05) is 12.8 Å². The second-order valence-electron chi connectivity index (χ2n) is 9.80. The Hall–Kier alpha value is -4.16. The zero-order valence-electron chi connectivity index (χ0n) is 24.9. The van der Waals surface area contributed by atoms with Crippen LogP contribution in [0.1, 0.15) is 64.5 Å². The van der Waals surface area contributed by atoms with Gasteiger partial charge in [-0.15, -0.1) is 0 Å². The van der Waals surface area contributed by atoms with Gasteiger partial charge in [0, 0.05) is 60.8 Å². The fourth-order valence-electron chi connectivity index (χ4n) is 5.11. The van der Waals surface area contributed by atoms with Crippen LogP contribution in [0, 0.1) is 11.8 Å². The van der Waals surface area contributed by atoms with E-state index in [-0.39, 0.29) is 34.3 Å². The Balaban J connectivity index is 0.00000441. The molecule has 2 atom stereocenters. The van der Waals surface area contributed by atoms with Gasteiger partial charge < -0.3 is 31.0 Å². The Bertz CT molecular complexity index is 1120. The topological polar surface area (TPSA) is 193 Å². The lowest BCUT2D eigenvalue weighted by molar-refractivity contribution is -0.136. The molecule has 232 valence electrons. The Morgan fingerprint density at radius 2 is 1.10 bits per heavy atom. The van der Waals surface area contributed by atoms with E-state index in [4.69, 9.17) is 0 Å². The van der Waals surface area contributed by atoms with E-state index in [2.05, 4.69) is 30.9 Å². The van der Waals surface area contributed by atoms with E-state index < -0.39 is 11.8 Å². The monoisotopic (exact) mass is 586 g/mol. The molecule has 0 spiro atoms. The van der Waals surface area contributed by atoms with Crippen molar-refractivity contribution in [2.75, 3.05) is 36.0 Å². The molecule has 2 aromatic rings. The molecule has 12 nitrogen and oxygen atoms in total. The highest BCUT2D eigenvalue weighted by molar-refractivity contribution is 5.90. The first-order valence-electron chi connectivity index (χ1n) is 14.1. The van der Waals surface area contributed by atoms with E-state index in [1.54, 1.807) is 24.3 Å². The number of nitrogens with one attached hydrogen (secondary N) is 2. The van der Waals surface area contributed by atoms with Crippen LogP contribution in [0.15, 0.2) is 46.6 Å². The van der Waals surface area contributed by atoms with Crippen LogP contribution in [0.25, 0.3) is 0 Å². The zero-order valence-corrected chi connectivity index (χ0v) is 24.9. The molecule has 1 aliphatic carbocycles. The maximum atomic E-state index is 12.9. The summed E-state index contributed by atoms with van der Waals surface area (Å²) in [4.78, 5) is 30.1. The minimum absolute atomic E-state index is 0. The zero-order chi connectivity index (χ0) is 29.1. The van der Waals surface area contributed by atoms with Crippen LogP contribution in [0.4, 0.5) is 11.4 Å². The minimum atomic E-state index is -0.540. The van der Waals surface area contributed by atoms with Crippen molar-refractivity contribution >= 4 is 35.6 Å². The number of hydrogen-bond donors (Lipinski definition) is 4. The van der Waals surface area contributed by atoms with Crippen molar-refractivity contribution in [3.05, 3.63) is 47.5 Å². The average molecular weight is 587 g/mol. The molecule has 0 aromatic heterocycles. The normalized spacial score (nSPS) is 16.4. The second kappa shape index (κ2) is 17.6. The van der Waals surface area contributed by atoms with Crippen molar-refractivity contribution < 1.29 is 30.8 Å². The molecule has 1 fully saturated rings. The van der Waals surface area contributed by atoms with E-state index in [0.717, 1.165) is 50.4 Å². The van der Waals surface area contributed by atoms with Crippen LogP contribution >= 0.6 is 0 Å². The number of hydrazone groups is 2. The van der Waals surface area contributed by atoms with E-state index in [1.807, 2.05) is 39.8 Å². The van der Waals surface area contributed by atoms with E-state index in [0.29, 0.717) is 24.0 Å². The quantitative estimate of drug-likeness (QED) is 0.218. The van der Waals surface area contributed by atoms with Gasteiger partial charge in [0.2, 0.25) is 11.8 Å². The molecular formula is C30H46N6O6. The third kappa shape index (κ3) is 9.18. The van der Waals surface area contributed by atoms with Gasteiger partial charge in [0.05, 0.1) is 24.3 Å². The van der Waals surface area contributed by atoms with Crippen molar-refractivity contribution in [1.82, 2.24) is 10.9 Å². The summed E-state index contributed by atoms with van der Waals surface area (Å²) in [6.07, 6.45) is 5.63. The summed E-state index contributed by atoms with van der Waals surface area (Å²) in [5.74, 6) is -1.62. The van der Waals surface area contributed by atoms with E-state index >= 15 is 0 Å². The van der Waals surface area contributed by atoms with Crippen LogP contribution in [0.2, 0.25) is 0 Å². The highest BCUT2D eigenvalue weighted by Gasteiger charge is 2.35. The van der Waals surface area contributed by atoms with Crippen molar-refractivity contribution in [2.24, 2.45) is 22.0 Å². The number of nitrogens with zero attached hydrogens (tertiary/aromatic N) is 4. The maximum absolute atomic E-state index is 12.9. The first kappa shape index (κ1) is 35.9. The van der Waals surface area contributed by atoms with Crippen molar-refractivity contribution in [1.29, 1.82) is 0 Å². The number of anilines is 2. The van der Waals surface area contributed by atoms with Gasteiger partial charge in [-0.3, -0.25) is 9.59 Å². The summed E-state index contributed by atoms with van der Waals surface area (Å²) in [5, 5.41) is 28.9. The Labute approximate surface area is 247 Å². The van der Waals surface area contributed by atoms with Gasteiger partial charge in [0.1, 0.15) is 11.5 Å². The minimum Gasteiger partial charge on any atom is -0.507 e. The molecule has 0 unspecified atom stereocenters. The van der Waals surface area contributed by atoms with Crippen LogP contribution in [0.5, 0.6) is 11.5 Å². The molecule has 0 saturated heterocycles. The predicted molar refractivity (Wildman–Crippen MR) is 167 cm³/mol. The molecule has 2 aromatic carbocycles. The Kier molecular flexibility index (Phi) is 15.0. The number of benzene rings is 2. The smallest absolute Gasteiger partial charge is 0.243 e. The lowest BCUT2D eigenvalue weighted by atomic mass is 9.78. The molecule has 1 aliphatic rings. The van der Waals surface area contributed by atoms with Crippen molar-refractivity contribution in [3.8, 4) is 11.5 Å². The second-order valence-corrected chi connectivity index (χ2v) is 9.80. The Morgan fingerprint density at radius 1 is 0.738 bits per heavy atom. The molecule has 0 bridgehead atoms. The summed E-state index contributed by atoms with van der Waals surface area (Å²) in [6, 6.07) is 10.7. The maximum Gasteiger partial charge on any atom is 0.243 e. The molecule has 0 radical (unpaired) electrons. The lowest BCUT2D eigenvalue weighted by Crippen LogP contribution is -2.41. The predicted octanol–water partition coefficient (Wildman–Crippen LogP) is 2.55. The number of phenols is 2. The van der Waals surface area contributed by atoms with Gasteiger partial charge >= 0.3 is 0 Å². The summed E-state index contributed by atoms with van der Waals surface area (Å²) in [7, 11) is 0. The van der Waals surface area contributed by atoms with Crippen LogP contribution in [0.3, 0.4) is 0 Å². The summed E-state index contributed by atoms with van der Waals surface area (Å²) in [6.45, 7) is 11.5. The molecule has 42 heavy (non-hydrogen) atoms. The number of carbonyl (C=O) groups excluding carboxylic acids is 2. The van der Waals surface area contributed by atoms with Crippen LogP contribution in [-0.2, 0) is 9.59 Å². The number of rotatable bonds is 12. The summed E-state index contributed by atoms with van der Waals surface area (Å²) < 4.78 is 0. The first-order valence-corrected chi connectivity index (χ1v) is 14.1. The highest BCUT2D eigenvalue weighted by Crippen LogP contribution is 2.31. The van der Waals surface area contributed by atoms with Crippen molar-refractivity contribution in [3.63, 3.8) is 0 Å². The molecule has 2 amide bonds. The summed E-state index contributed by atoms with van der Waals surface area (Å²) in [5.41, 5.74) is 7.87. The summed E-state index contributed by atoms with van der Waals surface area (Å²) >= 11 is 0. The van der Waals surface area contributed by atoms with E-state index in [9.17, 15) is 19.8 Å². The van der Waals surface area contributed by atoms with E-state index in [1.165, 1.54) is 12.4 Å². The lowest BCUT2D eigenvalue weighted by Gasteiger charge is -2.28. The molecule has 1 saturated carbocycles. The molecule has 8 N–H and O–H groups in total. The average Bonchev–Trinajstić information content (AvgIpc) is 2.96. The highest BCUT2D eigenvalue weighted by atomic mass is 16.3. The third-order valence-corrected chi connectivity index (χ3v) is 7.48. The van der Waals surface area contributed by atoms with Crippen LogP contribution in [-0.4, -0.2) is 71.6 Å². The molecular weight excluding hydrogens is 540 g/mol. The SMILES string of the molecule is CCN(CC)c1ccc(/C=N/NC(=O)[C@@H]2CCCC[C@H]2C(=O)N/N=C/c2ccc(N(CC)CC)cc2O)c(O)c1.O.O. The number of carbonyl (C=O) groups is 2. The third-order valence-electron chi connectivity index (χ3n) is 7.48. The van der Waals surface area contributed by atoms with Gasteiger partial charge in [0.25, 0.3) is 0 Å². The number of aromatic hydroxyl groups is 2. The molecule has 3 rings (SSSR count). The van der Waals surface area contributed by atoms with Gasteiger partial charge in [-0.05, 0) is 64.8 Å². The number of amides is 2. The van der Waals surface area contributed by atoms with Crippen molar-refractivity contribution in [2.45, 2.75) is 53.4 Å². The molecule has 12 heteroatoms. The van der Waals surface area contributed by atoms with Gasteiger partial charge in [0.15, 0.2) is 0 Å². The largest absolute Gasteiger partial charge is 0.507 e. The number of phenolic OH excluding ortho intramolecular Hbond substituents is 2. The van der Waals surface area contributed by atoms with Gasteiger partial charge in [-0.25, -0.2) is 10.9 Å².